The number of nitriles is 1. The molecule has 0 amide bonds. The van der Waals surface area contributed by atoms with Crippen molar-refractivity contribution < 1.29 is 27.5 Å². The first kappa shape index (κ1) is 32.2. The Hall–Kier alpha value is -4.04. The molecule has 0 atom stereocenters. The highest BCUT2D eigenvalue weighted by atomic mass is 32.1. The number of halogens is 3. The Bertz CT molecular complexity index is 1390. The van der Waals surface area contributed by atoms with Crippen molar-refractivity contribution >= 4 is 47.2 Å². The fourth-order valence-electron chi connectivity index (χ4n) is 3.73. The van der Waals surface area contributed by atoms with Gasteiger partial charge in [-0.3, -0.25) is 4.79 Å². The minimum Gasteiger partial charge on any atom is -0.470 e. The van der Waals surface area contributed by atoms with Gasteiger partial charge >= 0.3 is 0 Å². The number of hydrogen-bond donors (Lipinski definition) is 0. The number of benzene rings is 2. The summed E-state index contributed by atoms with van der Waals surface area (Å²) in [5.41, 5.74) is -0.851. The van der Waals surface area contributed by atoms with E-state index in [1.807, 2.05) is 6.92 Å². The summed E-state index contributed by atoms with van der Waals surface area (Å²) in [5.74, 6) is -4.01. The van der Waals surface area contributed by atoms with E-state index < -0.39 is 22.8 Å². The van der Waals surface area contributed by atoms with E-state index in [-0.39, 0.29) is 45.7 Å². The lowest BCUT2D eigenvalue weighted by Crippen LogP contribution is -2.54. The van der Waals surface area contributed by atoms with Gasteiger partial charge in [-0.1, -0.05) is 13.5 Å². The number of aldehydes is 2. The van der Waals surface area contributed by atoms with Gasteiger partial charge in [-0.25, -0.2) is 18.2 Å². The highest BCUT2D eigenvalue weighted by molar-refractivity contribution is 7.80. The van der Waals surface area contributed by atoms with Crippen LogP contribution in [0.4, 0.5) is 24.5 Å². The number of aliphatic imine (C=N–C) groups is 1. The van der Waals surface area contributed by atoms with Crippen LogP contribution in [0.2, 0.25) is 0 Å². The lowest BCUT2D eigenvalue weighted by atomic mass is 10.0. The van der Waals surface area contributed by atoms with E-state index in [0.717, 1.165) is 6.07 Å². The van der Waals surface area contributed by atoms with Crippen LogP contribution in [0.3, 0.4) is 0 Å². The molecular weight excluding hydrogens is 541 g/mol. The maximum Gasteiger partial charge on any atom is 0.271 e. The molecule has 0 saturated heterocycles. The van der Waals surface area contributed by atoms with Crippen molar-refractivity contribution in [3.8, 4) is 6.07 Å². The van der Waals surface area contributed by atoms with Gasteiger partial charge < -0.3 is 19.3 Å². The summed E-state index contributed by atoms with van der Waals surface area (Å²) in [6, 6.07) is 8.30. The minimum atomic E-state index is -3.31. The van der Waals surface area contributed by atoms with Crippen LogP contribution in [-0.4, -0.2) is 42.8 Å². The average molecular weight is 573 g/mol. The molecule has 0 bridgehead atoms. The number of ether oxygens (including phenoxy) is 1. The first-order chi connectivity index (χ1) is 18.6. The Kier molecular flexibility index (Phi) is 10.4. The molecule has 0 aliphatic rings. The van der Waals surface area contributed by atoms with Gasteiger partial charge in [0, 0.05) is 42.2 Å². The number of nitrogens with zero attached hydrogens (tertiary/aromatic N) is 4. The lowest BCUT2D eigenvalue weighted by molar-refractivity contribution is -0.111. The van der Waals surface area contributed by atoms with Crippen LogP contribution in [0.25, 0.3) is 0 Å². The number of alkyl halides is 2. The molecule has 0 radical (unpaired) electrons. The van der Waals surface area contributed by atoms with Gasteiger partial charge in [0.05, 0.1) is 17.2 Å². The largest absolute Gasteiger partial charge is 0.470 e. The van der Waals surface area contributed by atoms with Crippen molar-refractivity contribution in [2.24, 2.45) is 4.99 Å². The number of anilines is 2. The molecule has 0 spiro atoms. The first-order valence-electron chi connectivity index (χ1n) is 12.2. The van der Waals surface area contributed by atoms with Gasteiger partial charge in [0.1, 0.15) is 18.7 Å². The lowest BCUT2D eigenvalue weighted by Gasteiger charge is -2.40. The summed E-state index contributed by atoms with van der Waals surface area (Å²) in [7, 11) is 1.51. The number of carbonyl (C=O) groups is 2. The summed E-state index contributed by atoms with van der Waals surface area (Å²) < 4.78 is 49.4. The topological polar surface area (TPSA) is 86.0 Å². The zero-order valence-electron chi connectivity index (χ0n) is 23.2. The summed E-state index contributed by atoms with van der Waals surface area (Å²) in [4.78, 5) is 30.3. The molecule has 0 fully saturated rings. The highest BCUT2D eigenvalue weighted by Gasteiger charge is 2.34. The normalized spacial score (nSPS) is 11.8. The quantitative estimate of drug-likeness (QED) is 0.145. The van der Waals surface area contributed by atoms with Crippen LogP contribution in [0.5, 0.6) is 0 Å². The van der Waals surface area contributed by atoms with E-state index in [0.29, 0.717) is 31.6 Å². The van der Waals surface area contributed by atoms with Crippen LogP contribution in [0, 0.1) is 24.1 Å². The number of carbonyl (C=O) groups excluding carboxylic acids is 2. The van der Waals surface area contributed by atoms with Crippen molar-refractivity contribution in [2.45, 2.75) is 52.5 Å². The molecule has 2 aromatic rings. The number of thiocarbonyl (C=S) groups is 1. The molecule has 212 valence electrons. The standard InChI is InChI=1S/C29H31F3N4O3S/c1-8-18(2)34-26(39-12-11-37)23-13-22(15-25(30)19(23)3)36(28(4,5)17-38)27(40)35(7)21-10-9-20(16-33)24(14-21)29(6,31)32/h9-11,13-15,17H,2,8,12H2,1,3-7H3/b34-26+. The fraction of sp³-hybridized carbons (Fsp3) is 0.345. The zero-order valence-corrected chi connectivity index (χ0v) is 24.0. The van der Waals surface area contributed by atoms with E-state index in [9.17, 15) is 23.6 Å². The maximum atomic E-state index is 15.4. The molecule has 0 heterocycles. The third kappa shape index (κ3) is 7.12. The molecule has 2 rings (SSSR count). The van der Waals surface area contributed by atoms with Crippen molar-refractivity contribution in [2.75, 3.05) is 23.5 Å². The van der Waals surface area contributed by atoms with E-state index in [4.69, 9.17) is 17.0 Å². The van der Waals surface area contributed by atoms with Gasteiger partial charge in [-0.05, 0) is 75.3 Å². The number of allylic oxidation sites excluding steroid dienone is 1. The molecule has 0 N–H and O–H groups in total. The molecule has 0 aliphatic carbocycles. The van der Waals surface area contributed by atoms with Crippen LogP contribution >= 0.6 is 12.2 Å². The van der Waals surface area contributed by atoms with Gasteiger partial charge in [-0.2, -0.15) is 5.26 Å². The zero-order chi connectivity index (χ0) is 30.4. The van der Waals surface area contributed by atoms with Crippen molar-refractivity contribution in [3.63, 3.8) is 0 Å². The summed E-state index contributed by atoms with van der Waals surface area (Å²) >= 11 is 5.71. The Morgan fingerprint density at radius 2 is 1.85 bits per heavy atom. The van der Waals surface area contributed by atoms with Crippen molar-refractivity contribution in [1.82, 2.24) is 0 Å². The first-order valence-corrected chi connectivity index (χ1v) is 12.6. The summed E-state index contributed by atoms with van der Waals surface area (Å²) in [5, 5.41) is 9.27. The van der Waals surface area contributed by atoms with Crippen LogP contribution in [0.15, 0.2) is 47.6 Å². The third-order valence-corrected chi connectivity index (χ3v) is 6.56. The van der Waals surface area contributed by atoms with E-state index in [1.165, 1.54) is 48.0 Å². The maximum absolute atomic E-state index is 15.4. The SMILES string of the molecule is C=C(CC)/N=C(/OCC=O)c1cc(N(C(=S)N(C)c2ccc(C#N)c(C(C)(F)F)c2)C(C)(C)C=O)cc(F)c1C. The fourth-order valence-corrected chi connectivity index (χ4v) is 4.17. The Labute approximate surface area is 237 Å². The van der Waals surface area contributed by atoms with Gasteiger partial charge in [0.15, 0.2) is 11.4 Å². The number of rotatable bonds is 10. The molecule has 40 heavy (non-hydrogen) atoms. The molecule has 11 heteroatoms. The Morgan fingerprint density at radius 3 is 2.38 bits per heavy atom. The summed E-state index contributed by atoms with van der Waals surface area (Å²) in [6.45, 7) is 10.6. The smallest absolute Gasteiger partial charge is 0.271 e. The number of hydrogen-bond acceptors (Lipinski definition) is 6. The van der Waals surface area contributed by atoms with Gasteiger partial charge in [0.2, 0.25) is 5.90 Å². The third-order valence-electron chi connectivity index (χ3n) is 6.10. The summed E-state index contributed by atoms with van der Waals surface area (Å²) in [6.07, 6.45) is 1.61. The van der Waals surface area contributed by atoms with Crippen molar-refractivity contribution in [3.05, 3.63) is 70.7 Å². The molecule has 0 saturated carbocycles. The monoisotopic (exact) mass is 572 g/mol. The Balaban J connectivity index is 2.76. The Morgan fingerprint density at radius 1 is 1.20 bits per heavy atom. The van der Waals surface area contributed by atoms with E-state index in [2.05, 4.69) is 11.6 Å². The molecule has 0 aromatic heterocycles. The molecule has 7 nitrogen and oxygen atoms in total. The van der Waals surface area contributed by atoms with Crippen molar-refractivity contribution in [1.29, 1.82) is 5.26 Å². The minimum absolute atomic E-state index is 0.0216. The van der Waals surface area contributed by atoms with Gasteiger partial charge in [-0.15, -0.1) is 0 Å². The average Bonchev–Trinajstić information content (AvgIpc) is 2.91. The molecule has 0 unspecified atom stereocenters. The second kappa shape index (κ2) is 12.9. The van der Waals surface area contributed by atoms with Gasteiger partial charge in [0.25, 0.3) is 5.92 Å². The molecule has 0 aliphatic heterocycles. The van der Waals surface area contributed by atoms with Crippen LogP contribution in [0.1, 0.15) is 56.4 Å². The van der Waals surface area contributed by atoms with Crippen LogP contribution in [-0.2, 0) is 20.2 Å². The highest BCUT2D eigenvalue weighted by Crippen LogP contribution is 2.34. The predicted molar refractivity (Wildman–Crippen MR) is 153 cm³/mol. The van der Waals surface area contributed by atoms with Crippen LogP contribution < -0.4 is 9.80 Å². The predicted octanol–water partition coefficient (Wildman–Crippen LogP) is 6.21. The van der Waals surface area contributed by atoms with E-state index in [1.54, 1.807) is 19.9 Å². The second-order valence-electron chi connectivity index (χ2n) is 9.59. The second-order valence-corrected chi connectivity index (χ2v) is 9.96. The molecule has 2 aromatic carbocycles. The van der Waals surface area contributed by atoms with E-state index >= 15 is 4.39 Å². The molecular formula is C29H31F3N4O3S.